The van der Waals surface area contributed by atoms with Gasteiger partial charge in [0, 0.05) is 18.8 Å². The first-order valence-corrected chi connectivity index (χ1v) is 12.6. The van der Waals surface area contributed by atoms with Gasteiger partial charge in [0.15, 0.2) is 11.5 Å². The van der Waals surface area contributed by atoms with Crippen molar-refractivity contribution in [3.8, 4) is 11.5 Å². The van der Waals surface area contributed by atoms with Crippen molar-refractivity contribution in [2.45, 2.75) is 49.5 Å². The van der Waals surface area contributed by atoms with Crippen LogP contribution in [0.1, 0.15) is 37.7 Å². The van der Waals surface area contributed by atoms with Gasteiger partial charge in [-0.25, -0.2) is 8.42 Å². The van der Waals surface area contributed by atoms with E-state index >= 15 is 0 Å². The number of hydrogen-bond acceptors (Lipinski definition) is 5. The lowest BCUT2D eigenvalue weighted by Crippen LogP contribution is -2.38. The fourth-order valence-electron chi connectivity index (χ4n) is 4.17. The van der Waals surface area contributed by atoms with Crippen LogP contribution in [0.2, 0.25) is 5.02 Å². The third-order valence-corrected chi connectivity index (χ3v) is 8.13. The van der Waals surface area contributed by atoms with Crippen molar-refractivity contribution in [1.29, 1.82) is 0 Å². The van der Waals surface area contributed by atoms with E-state index in [4.69, 9.17) is 21.1 Å². The zero-order valence-electron chi connectivity index (χ0n) is 18.0. The van der Waals surface area contributed by atoms with Gasteiger partial charge in [-0.2, -0.15) is 4.31 Å². The number of halogens is 1. The van der Waals surface area contributed by atoms with E-state index in [-0.39, 0.29) is 23.3 Å². The Balaban J connectivity index is 1.40. The minimum absolute atomic E-state index is 0.0472. The average molecular weight is 479 g/mol. The summed E-state index contributed by atoms with van der Waals surface area (Å²) in [5.74, 6) is 0.785. The van der Waals surface area contributed by atoms with Crippen LogP contribution in [0.25, 0.3) is 0 Å². The quantitative estimate of drug-likeness (QED) is 0.671. The molecule has 0 atom stereocenters. The number of nitrogens with one attached hydrogen (secondary N) is 1. The summed E-state index contributed by atoms with van der Waals surface area (Å²) >= 11 is 6.24. The standard InChI is InChI=1S/C23H27ClN2O5S/c1-26(18-5-3-2-4-6-18)32(28,29)19-9-7-17(8-10-19)25-22(27)15-16-13-20(24)23-21(14-16)30-11-12-31-23/h7-10,13-14,18H,2-6,11-12,15H2,1H3,(H,25,27). The predicted molar refractivity (Wildman–Crippen MR) is 123 cm³/mol. The Morgan fingerprint density at radius 3 is 2.50 bits per heavy atom. The minimum atomic E-state index is -3.57. The topological polar surface area (TPSA) is 84.9 Å². The van der Waals surface area contributed by atoms with Gasteiger partial charge in [-0.15, -0.1) is 0 Å². The highest BCUT2D eigenvalue weighted by atomic mass is 35.5. The molecule has 4 rings (SSSR count). The summed E-state index contributed by atoms with van der Waals surface area (Å²) in [7, 11) is -1.91. The second-order valence-corrected chi connectivity index (χ2v) is 10.6. The molecule has 0 bridgehead atoms. The summed E-state index contributed by atoms with van der Waals surface area (Å²) in [6.07, 6.45) is 5.17. The van der Waals surface area contributed by atoms with Crippen LogP contribution in [-0.2, 0) is 21.2 Å². The van der Waals surface area contributed by atoms with E-state index in [1.54, 1.807) is 31.3 Å². The molecule has 1 saturated carbocycles. The Labute approximate surface area is 193 Å². The smallest absolute Gasteiger partial charge is 0.243 e. The van der Waals surface area contributed by atoms with E-state index in [0.29, 0.717) is 41.0 Å². The molecular weight excluding hydrogens is 452 g/mol. The van der Waals surface area contributed by atoms with Gasteiger partial charge in [-0.1, -0.05) is 30.9 Å². The van der Waals surface area contributed by atoms with Crippen LogP contribution < -0.4 is 14.8 Å². The minimum Gasteiger partial charge on any atom is -0.486 e. The Morgan fingerprint density at radius 1 is 1.09 bits per heavy atom. The average Bonchev–Trinajstić information content (AvgIpc) is 2.79. The van der Waals surface area contributed by atoms with Gasteiger partial charge in [-0.3, -0.25) is 4.79 Å². The second-order valence-electron chi connectivity index (χ2n) is 8.16. The number of sulfonamides is 1. The number of ether oxygens (including phenoxy) is 2. The maximum absolute atomic E-state index is 13.0. The van der Waals surface area contributed by atoms with Crippen molar-refractivity contribution in [3.05, 3.63) is 47.0 Å². The molecule has 1 aliphatic carbocycles. The monoisotopic (exact) mass is 478 g/mol. The lowest BCUT2D eigenvalue weighted by atomic mass is 9.96. The summed E-state index contributed by atoms with van der Waals surface area (Å²) in [5, 5.41) is 3.20. The molecule has 0 radical (unpaired) electrons. The summed E-state index contributed by atoms with van der Waals surface area (Å²) < 4.78 is 38.5. The zero-order valence-corrected chi connectivity index (χ0v) is 19.5. The van der Waals surface area contributed by atoms with Gasteiger partial charge in [-0.05, 0) is 54.8 Å². The number of rotatable bonds is 6. The Bertz CT molecular complexity index is 1080. The van der Waals surface area contributed by atoms with Crippen molar-refractivity contribution >= 4 is 33.2 Å². The maximum Gasteiger partial charge on any atom is 0.243 e. The molecule has 2 aromatic carbocycles. The third kappa shape index (κ3) is 5.03. The Hall–Kier alpha value is -2.29. The van der Waals surface area contributed by atoms with Gasteiger partial charge in [0.25, 0.3) is 0 Å². The molecule has 0 spiro atoms. The second kappa shape index (κ2) is 9.68. The number of carbonyl (C=O) groups excluding carboxylic acids is 1. The molecule has 172 valence electrons. The SMILES string of the molecule is CN(C1CCCCC1)S(=O)(=O)c1ccc(NC(=O)Cc2cc(Cl)c3c(c2)OCCO3)cc1. The Kier molecular flexibility index (Phi) is 6.93. The summed E-state index contributed by atoms with van der Waals surface area (Å²) in [6, 6.07) is 9.76. The molecule has 7 nitrogen and oxygen atoms in total. The van der Waals surface area contributed by atoms with Crippen LogP contribution in [0.5, 0.6) is 11.5 Å². The molecule has 0 saturated heterocycles. The number of fused-ring (bicyclic) bond motifs is 1. The van der Waals surface area contributed by atoms with Gasteiger partial charge in [0.2, 0.25) is 15.9 Å². The van der Waals surface area contributed by atoms with Gasteiger partial charge in [0.1, 0.15) is 13.2 Å². The molecule has 1 fully saturated rings. The largest absolute Gasteiger partial charge is 0.486 e. The van der Waals surface area contributed by atoms with Gasteiger partial charge >= 0.3 is 0 Å². The molecule has 9 heteroatoms. The number of amides is 1. The molecule has 1 amide bonds. The van der Waals surface area contributed by atoms with Crippen molar-refractivity contribution < 1.29 is 22.7 Å². The summed E-state index contributed by atoms with van der Waals surface area (Å²) in [4.78, 5) is 12.7. The fraction of sp³-hybridized carbons (Fsp3) is 0.435. The molecule has 2 aromatic rings. The predicted octanol–water partition coefficient (Wildman–Crippen LogP) is 4.25. The van der Waals surface area contributed by atoms with Crippen molar-refractivity contribution in [2.75, 3.05) is 25.6 Å². The van der Waals surface area contributed by atoms with Crippen LogP contribution >= 0.6 is 11.6 Å². The molecule has 1 aliphatic heterocycles. The van der Waals surface area contributed by atoms with Crippen LogP contribution in [0.4, 0.5) is 5.69 Å². The van der Waals surface area contributed by atoms with E-state index in [2.05, 4.69) is 5.32 Å². The number of benzene rings is 2. The summed E-state index contributed by atoms with van der Waals surface area (Å²) in [5.41, 5.74) is 1.22. The highest BCUT2D eigenvalue weighted by molar-refractivity contribution is 7.89. The van der Waals surface area contributed by atoms with Gasteiger partial charge in [0.05, 0.1) is 16.3 Å². The van der Waals surface area contributed by atoms with Crippen LogP contribution in [-0.4, -0.2) is 44.9 Å². The first-order valence-electron chi connectivity index (χ1n) is 10.8. The fourth-order valence-corrected chi connectivity index (χ4v) is 5.88. The van der Waals surface area contributed by atoms with Crippen LogP contribution in [0.15, 0.2) is 41.3 Å². The first kappa shape index (κ1) is 22.9. The maximum atomic E-state index is 13.0. The number of nitrogens with zero attached hydrogens (tertiary/aromatic N) is 1. The lowest BCUT2D eigenvalue weighted by Gasteiger charge is -2.30. The van der Waals surface area contributed by atoms with E-state index in [9.17, 15) is 13.2 Å². The highest BCUT2D eigenvalue weighted by Crippen LogP contribution is 2.38. The highest BCUT2D eigenvalue weighted by Gasteiger charge is 2.29. The van der Waals surface area contributed by atoms with Crippen LogP contribution in [0.3, 0.4) is 0 Å². The summed E-state index contributed by atoms with van der Waals surface area (Å²) in [6.45, 7) is 0.874. The van der Waals surface area contributed by atoms with E-state index in [1.165, 1.54) is 16.4 Å². The first-order chi connectivity index (χ1) is 15.3. The number of anilines is 1. The normalized spacial score (nSPS) is 16.7. The Morgan fingerprint density at radius 2 is 1.78 bits per heavy atom. The van der Waals surface area contributed by atoms with Gasteiger partial charge < -0.3 is 14.8 Å². The third-order valence-electron chi connectivity index (χ3n) is 5.93. The zero-order chi connectivity index (χ0) is 22.7. The molecular formula is C23H27ClN2O5S. The van der Waals surface area contributed by atoms with Crippen molar-refractivity contribution in [3.63, 3.8) is 0 Å². The number of carbonyl (C=O) groups is 1. The van der Waals surface area contributed by atoms with E-state index in [1.807, 2.05) is 0 Å². The molecule has 0 aromatic heterocycles. The van der Waals surface area contributed by atoms with Crippen LogP contribution in [0, 0.1) is 0 Å². The molecule has 2 aliphatic rings. The number of hydrogen-bond donors (Lipinski definition) is 1. The lowest BCUT2D eigenvalue weighted by molar-refractivity contribution is -0.115. The van der Waals surface area contributed by atoms with E-state index in [0.717, 1.165) is 32.1 Å². The van der Waals surface area contributed by atoms with Crippen molar-refractivity contribution in [1.82, 2.24) is 4.31 Å². The molecule has 0 unspecified atom stereocenters. The molecule has 1 heterocycles. The van der Waals surface area contributed by atoms with Crippen molar-refractivity contribution in [2.24, 2.45) is 0 Å². The molecule has 1 N–H and O–H groups in total. The van der Waals surface area contributed by atoms with E-state index < -0.39 is 10.0 Å². The molecule has 32 heavy (non-hydrogen) atoms.